The average molecular weight is 215 g/mol. The maximum Gasteiger partial charge on any atom is 0.126 e. The monoisotopic (exact) mass is 215 g/mol. The van der Waals surface area contributed by atoms with Gasteiger partial charge in [0, 0.05) is 40.0 Å². The minimum absolute atomic E-state index is 0. The molecule has 1 aliphatic heterocycles. The second-order valence-corrected chi connectivity index (χ2v) is 2.25. The van der Waals surface area contributed by atoms with Gasteiger partial charge in [-0.3, -0.25) is 0 Å². The molecule has 0 unspecified atom stereocenters. The molecule has 0 atom stereocenters. The topological polar surface area (TPSA) is 9.23 Å². The Kier molecular flexibility index (Phi) is 5.37. The Bertz CT molecular complexity index is 273. The van der Waals surface area contributed by atoms with Crippen LogP contribution < -0.4 is 4.74 Å². The van der Waals surface area contributed by atoms with E-state index in [0.717, 1.165) is 5.75 Å². The number of hydrogen-bond donors (Lipinski definition) is 0. The van der Waals surface area contributed by atoms with Crippen molar-refractivity contribution in [3.63, 3.8) is 0 Å². The molecular weight excluding hydrogens is 207 g/mol. The van der Waals surface area contributed by atoms with Crippen LogP contribution in [0.3, 0.4) is 0 Å². The van der Waals surface area contributed by atoms with Crippen molar-refractivity contribution in [1.82, 2.24) is 0 Å². The molecule has 0 bridgehead atoms. The van der Waals surface area contributed by atoms with E-state index in [9.17, 15) is 0 Å². The first-order chi connectivity index (χ1) is 4.97. The van der Waals surface area contributed by atoms with Crippen LogP contribution in [0.15, 0.2) is 30.3 Å². The van der Waals surface area contributed by atoms with Crippen molar-refractivity contribution in [3.05, 3.63) is 35.9 Å². The summed E-state index contributed by atoms with van der Waals surface area (Å²) in [5.41, 5.74) is 1.17. The minimum Gasteiger partial charge on any atom is -0.489 e. The summed E-state index contributed by atoms with van der Waals surface area (Å²) in [6, 6.07) is 8.03. The Morgan fingerprint density at radius 1 is 1.17 bits per heavy atom. The van der Waals surface area contributed by atoms with Gasteiger partial charge in [-0.25, -0.2) is 0 Å². The van der Waals surface area contributed by atoms with Gasteiger partial charge in [0.1, 0.15) is 12.4 Å². The molecule has 1 aromatic carbocycles. The number of fused-ring (bicyclic) bond motifs is 1. The fourth-order valence-electron chi connectivity index (χ4n) is 1.06. The molecule has 3 heteroatoms. The third-order valence-corrected chi connectivity index (χ3v) is 1.55. The van der Waals surface area contributed by atoms with E-state index in [-0.39, 0.29) is 34.4 Å². The Morgan fingerprint density at radius 2 is 1.92 bits per heavy atom. The van der Waals surface area contributed by atoms with Crippen molar-refractivity contribution < 1.29 is 21.8 Å². The molecule has 1 heterocycles. The molecule has 0 amide bonds. The first-order valence-corrected chi connectivity index (χ1v) is 3.35. The van der Waals surface area contributed by atoms with Crippen LogP contribution in [0.2, 0.25) is 0 Å². The van der Waals surface area contributed by atoms with Crippen molar-refractivity contribution in [1.29, 1.82) is 0 Å². The molecule has 0 saturated carbocycles. The molecule has 0 spiro atoms. The summed E-state index contributed by atoms with van der Waals surface area (Å²) >= 11 is 0. The van der Waals surface area contributed by atoms with Crippen LogP contribution in [0, 0.1) is 0 Å². The van der Waals surface area contributed by atoms with Gasteiger partial charge < -0.3 is 4.74 Å². The van der Waals surface area contributed by atoms with Gasteiger partial charge >= 0.3 is 0 Å². The van der Waals surface area contributed by atoms with E-state index in [0.29, 0.717) is 6.61 Å². The predicted molar refractivity (Wildman–Crippen MR) is 46.7 cm³/mol. The molecule has 0 saturated heterocycles. The molecule has 3 radical (unpaired) electrons. The van der Waals surface area contributed by atoms with Crippen molar-refractivity contribution in [2.75, 3.05) is 6.61 Å². The third kappa shape index (κ3) is 2.40. The maximum absolute atomic E-state index is 5.34. The molecule has 0 N–H and O–H groups in total. The summed E-state index contributed by atoms with van der Waals surface area (Å²) in [6.45, 7) is 0.705. The summed E-state index contributed by atoms with van der Waals surface area (Å²) < 4.78 is 5.34. The molecule has 1 aliphatic rings. The van der Waals surface area contributed by atoms with Gasteiger partial charge in [0.05, 0.1) is 0 Å². The summed E-state index contributed by atoms with van der Waals surface area (Å²) in [6.07, 6.45) is 4.10. The van der Waals surface area contributed by atoms with Crippen LogP contribution >= 0.6 is 0 Å². The van der Waals surface area contributed by atoms with Crippen LogP contribution in [0.25, 0.3) is 6.08 Å². The minimum atomic E-state index is 0. The largest absolute Gasteiger partial charge is 0.489 e. The Hall–Kier alpha value is -0.188. The molecule has 0 fully saturated rings. The van der Waals surface area contributed by atoms with E-state index < -0.39 is 0 Å². The van der Waals surface area contributed by atoms with Gasteiger partial charge in [0.2, 0.25) is 0 Å². The number of para-hydroxylation sites is 1. The molecule has 0 aromatic heterocycles. The van der Waals surface area contributed by atoms with Gasteiger partial charge in [-0.15, -0.1) is 0 Å². The first-order valence-electron chi connectivity index (χ1n) is 3.35. The second kappa shape index (κ2) is 5.46. The second-order valence-electron chi connectivity index (χ2n) is 2.25. The van der Waals surface area contributed by atoms with Gasteiger partial charge in [-0.1, -0.05) is 24.3 Å². The molecule has 0 aliphatic carbocycles. The van der Waals surface area contributed by atoms with Crippen LogP contribution in [0.1, 0.15) is 5.56 Å². The van der Waals surface area contributed by atoms with Crippen LogP contribution in [-0.2, 0) is 17.1 Å². The number of rotatable bonds is 0. The fourth-order valence-corrected chi connectivity index (χ4v) is 1.06. The van der Waals surface area contributed by atoms with Crippen LogP contribution in [-0.4, -0.2) is 24.0 Å². The Morgan fingerprint density at radius 3 is 2.67 bits per heavy atom. The van der Waals surface area contributed by atoms with Gasteiger partial charge in [0.25, 0.3) is 0 Å². The van der Waals surface area contributed by atoms with Gasteiger partial charge in [-0.05, 0) is 12.1 Å². The van der Waals surface area contributed by atoms with Crippen molar-refractivity contribution in [2.24, 2.45) is 0 Å². The third-order valence-electron chi connectivity index (χ3n) is 1.55. The molecule has 1 nitrogen and oxygen atoms in total. The summed E-state index contributed by atoms with van der Waals surface area (Å²) in [7, 11) is 0. The van der Waals surface area contributed by atoms with Crippen molar-refractivity contribution in [3.8, 4) is 5.75 Å². The summed E-state index contributed by atoms with van der Waals surface area (Å²) in [5, 5.41) is 0. The van der Waals surface area contributed by atoms with Gasteiger partial charge in [-0.2, -0.15) is 0 Å². The number of ether oxygens (including phenoxy) is 1. The van der Waals surface area contributed by atoms with E-state index in [1.165, 1.54) is 5.56 Å². The Labute approximate surface area is 93.4 Å². The Balaban J connectivity index is 0.000000605. The molecule has 61 valence electrons. The fraction of sp³-hybridized carbons (Fsp3) is 0.111. The maximum atomic E-state index is 5.34. The van der Waals surface area contributed by atoms with E-state index in [2.05, 4.69) is 6.08 Å². The smallest absolute Gasteiger partial charge is 0.126 e. The van der Waals surface area contributed by atoms with Crippen LogP contribution in [0.5, 0.6) is 5.75 Å². The van der Waals surface area contributed by atoms with Crippen LogP contribution in [0.4, 0.5) is 0 Å². The zero-order valence-electron chi connectivity index (χ0n) is 6.51. The normalized spacial score (nSPS) is 11.7. The van der Waals surface area contributed by atoms with Crippen molar-refractivity contribution in [2.45, 2.75) is 0 Å². The molecule has 12 heavy (non-hydrogen) atoms. The van der Waals surface area contributed by atoms with E-state index in [1.54, 1.807) is 0 Å². The van der Waals surface area contributed by atoms with Gasteiger partial charge in [0.15, 0.2) is 0 Å². The number of benzene rings is 1. The average Bonchev–Trinajstić information content (AvgIpc) is 2.05. The van der Waals surface area contributed by atoms with E-state index in [4.69, 9.17) is 4.74 Å². The van der Waals surface area contributed by atoms with E-state index in [1.807, 2.05) is 30.3 Å². The quantitative estimate of drug-likeness (QED) is 0.598. The standard InChI is InChI=1S/C9H8O.Al.Fe/c1-2-6-9-8(4-1)5-3-7-10-9;;/h1-6H,7H2;;. The zero-order chi connectivity index (χ0) is 6.81. The molecule has 1 aromatic rings. The predicted octanol–water partition coefficient (Wildman–Crippen LogP) is 1.71. The number of hydrogen-bond acceptors (Lipinski definition) is 1. The first kappa shape index (κ1) is 11.8. The summed E-state index contributed by atoms with van der Waals surface area (Å²) in [5.74, 6) is 0.991. The van der Waals surface area contributed by atoms with Crippen molar-refractivity contribution >= 4 is 23.4 Å². The van der Waals surface area contributed by atoms with E-state index >= 15 is 0 Å². The SMILES string of the molecule is C1=Cc2ccccc2OC1.[Al].[Fe]. The zero-order valence-corrected chi connectivity index (χ0v) is 8.77. The molecular formula is C9H8AlFeO. The molecule has 2 rings (SSSR count). The summed E-state index contributed by atoms with van der Waals surface area (Å²) in [4.78, 5) is 0.